The minimum absolute atomic E-state index is 0.0980. The number of methoxy groups -OCH3 is 1. The van der Waals surface area contributed by atoms with Crippen molar-refractivity contribution in [3.05, 3.63) is 60.2 Å². The first-order chi connectivity index (χ1) is 13.1. The predicted octanol–water partition coefficient (Wildman–Crippen LogP) is 3.51. The van der Waals surface area contributed by atoms with E-state index in [-0.39, 0.29) is 18.2 Å². The lowest BCUT2D eigenvalue weighted by Gasteiger charge is -2.32. The summed E-state index contributed by atoms with van der Waals surface area (Å²) in [6.07, 6.45) is 2.91. The number of anilines is 1. The van der Waals surface area contributed by atoms with Crippen LogP contribution in [0.15, 0.2) is 54.6 Å². The molecule has 0 bridgehead atoms. The minimum Gasteiger partial charge on any atom is -0.497 e. The number of likely N-dealkylation sites (tertiary alicyclic amines) is 1. The second-order valence-corrected chi connectivity index (χ2v) is 6.97. The largest absolute Gasteiger partial charge is 0.497 e. The van der Waals surface area contributed by atoms with Crippen LogP contribution < -0.4 is 10.1 Å². The molecule has 0 unspecified atom stereocenters. The van der Waals surface area contributed by atoms with Crippen molar-refractivity contribution in [2.24, 2.45) is 5.92 Å². The Morgan fingerprint density at radius 3 is 2.33 bits per heavy atom. The first kappa shape index (κ1) is 19.0. The van der Waals surface area contributed by atoms with Crippen LogP contribution in [0.1, 0.15) is 24.8 Å². The summed E-state index contributed by atoms with van der Waals surface area (Å²) in [6.45, 7) is 1.46. The molecule has 5 heteroatoms. The zero-order chi connectivity index (χ0) is 19.1. The first-order valence-corrected chi connectivity index (χ1v) is 9.39. The van der Waals surface area contributed by atoms with E-state index in [1.165, 1.54) is 5.56 Å². The van der Waals surface area contributed by atoms with Crippen molar-refractivity contribution in [2.45, 2.75) is 25.7 Å². The molecule has 0 spiro atoms. The molecule has 0 aliphatic carbocycles. The van der Waals surface area contributed by atoms with Crippen molar-refractivity contribution in [3.8, 4) is 5.75 Å². The number of nitrogens with one attached hydrogen (secondary N) is 1. The van der Waals surface area contributed by atoms with Gasteiger partial charge in [-0.15, -0.1) is 0 Å². The first-order valence-electron chi connectivity index (χ1n) is 9.39. The summed E-state index contributed by atoms with van der Waals surface area (Å²) in [5, 5.41) is 2.76. The monoisotopic (exact) mass is 366 g/mol. The van der Waals surface area contributed by atoms with E-state index < -0.39 is 0 Å². The lowest BCUT2D eigenvalue weighted by atomic mass is 9.90. The Morgan fingerprint density at radius 2 is 1.70 bits per heavy atom. The molecule has 0 atom stereocenters. The van der Waals surface area contributed by atoms with Crippen LogP contribution in [-0.4, -0.2) is 36.9 Å². The fourth-order valence-corrected chi connectivity index (χ4v) is 3.46. The van der Waals surface area contributed by atoms with Crippen molar-refractivity contribution in [3.63, 3.8) is 0 Å². The van der Waals surface area contributed by atoms with Crippen molar-refractivity contribution in [2.75, 3.05) is 25.5 Å². The highest BCUT2D eigenvalue weighted by Gasteiger charge is 2.24. The standard InChI is InChI=1S/C22H26N2O3/c1-27-20-9-7-19(8-10-20)23-21(25)16-22(26)24-13-11-18(12-14-24)15-17-5-3-2-4-6-17/h2-10,18H,11-16H2,1H3,(H,23,25). The number of carbonyl (C=O) groups is 2. The highest BCUT2D eigenvalue weighted by Crippen LogP contribution is 2.22. The van der Waals surface area contributed by atoms with Crippen molar-refractivity contribution in [1.29, 1.82) is 0 Å². The molecule has 2 amide bonds. The molecule has 142 valence electrons. The van der Waals surface area contributed by atoms with Gasteiger partial charge in [-0.3, -0.25) is 9.59 Å². The number of piperidine rings is 1. The van der Waals surface area contributed by atoms with Crippen molar-refractivity contribution in [1.82, 2.24) is 4.90 Å². The summed E-state index contributed by atoms with van der Waals surface area (Å²) in [7, 11) is 1.59. The van der Waals surface area contributed by atoms with Gasteiger partial charge in [-0.1, -0.05) is 30.3 Å². The molecule has 5 nitrogen and oxygen atoms in total. The third kappa shape index (κ3) is 5.58. The van der Waals surface area contributed by atoms with Gasteiger partial charge in [0.15, 0.2) is 0 Å². The number of hydrogen-bond donors (Lipinski definition) is 1. The van der Waals surface area contributed by atoms with Gasteiger partial charge in [-0.2, -0.15) is 0 Å². The molecule has 0 aromatic heterocycles. The van der Waals surface area contributed by atoms with Crippen LogP contribution in [0.5, 0.6) is 5.75 Å². The second-order valence-electron chi connectivity index (χ2n) is 6.97. The van der Waals surface area contributed by atoms with E-state index in [0.29, 0.717) is 11.6 Å². The molecule has 27 heavy (non-hydrogen) atoms. The Bertz CT molecular complexity index is 751. The fraction of sp³-hybridized carbons (Fsp3) is 0.364. The maximum atomic E-state index is 12.4. The van der Waals surface area contributed by atoms with Gasteiger partial charge < -0.3 is 15.0 Å². The SMILES string of the molecule is COc1ccc(NC(=O)CC(=O)N2CCC(Cc3ccccc3)CC2)cc1. The maximum Gasteiger partial charge on any atom is 0.233 e. The Kier molecular flexibility index (Phi) is 6.47. The van der Waals surface area contributed by atoms with Crippen LogP contribution in [-0.2, 0) is 16.0 Å². The molecule has 1 heterocycles. The molecule has 1 aliphatic rings. The van der Waals surface area contributed by atoms with Crippen LogP contribution in [0.25, 0.3) is 0 Å². The summed E-state index contributed by atoms with van der Waals surface area (Å²) >= 11 is 0. The minimum atomic E-state index is -0.281. The molecule has 1 saturated heterocycles. The van der Waals surface area contributed by atoms with E-state index in [1.54, 1.807) is 31.4 Å². The molecule has 1 N–H and O–H groups in total. The topological polar surface area (TPSA) is 58.6 Å². The van der Waals surface area contributed by atoms with E-state index >= 15 is 0 Å². The fourth-order valence-electron chi connectivity index (χ4n) is 3.46. The van der Waals surface area contributed by atoms with Crippen molar-refractivity contribution >= 4 is 17.5 Å². The van der Waals surface area contributed by atoms with E-state index in [1.807, 2.05) is 11.0 Å². The molecule has 1 fully saturated rings. The van der Waals surface area contributed by atoms with E-state index in [9.17, 15) is 9.59 Å². The van der Waals surface area contributed by atoms with Gasteiger partial charge in [0, 0.05) is 18.8 Å². The van der Waals surface area contributed by atoms with Crippen LogP contribution in [0, 0.1) is 5.92 Å². The summed E-state index contributed by atoms with van der Waals surface area (Å²) < 4.78 is 5.09. The maximum absolute atomic E-state index is 12.4. The number of amides is 2. The van der Waals surface area contributed by atoms with E-state index in [0.717, 1.165) is 38.1 Å². The van der Waals surface area contributed by atoms with Crippen molar-refractivity contribution < 1.29 is 14.3 Å². The van der Waals surface area contributed by atoms with Gasteiger partial charge in [-0.05, 0) is 55.0 Å². The van der Waals surface area contributed by atoms with E-state index in [2.05, 4.69) is 29.6 Å². The zero-order valence-electron chi connectivity index (χ0n) is 15.7. The molecule has 2 aromatic rings. The second kappa shape index (κ2) is 9.21. The Labute approximate surface area is 160 Å². The zero-order valence-corrected chi connectivity index (χ0v) is 15.7. The smallest absolute Gasteiger partial charge is 0.233 e. The van der Waals surface area contributed by atoms with Gasteiger partial charge >= 0.3 is 0 Å². The number of benzene rings is 2. The van der Waals surface area contributed by atoms with Crippen LogP contribution >= 0.6 is 0 Å². The summed E-state index contributed by atoms with van der Waals surface area (Å²) in [5.41, 5.74) is 2.01. The van der Waals surface area contributed by atoms with Gasteiger partial charge in [0.25, 0.3) is 0 Å². The van der Waals surface area contributed by atoms with Gasteiger partial charge in [0.2, 0.25) is 11.8 Å². The summed E-state index contributed by atoms with van der Waals surface area (Å²) in [5.74, 6) is 0.947. The van der Waals surface area contributed by atoms with Gasteiger partial charge in [0.05, 0.1) is 7.11 Å². The average Bonchev–Trinajstić information content (AvgIpc) is 2.70. The Hall–Kier alpha value is -2.82. The highest BCUT2D eigenvalue weighted by molar-refractivity contribution is 6.03. The molecular weight excluding hydrogens is 340 g/mol. The third-order valence-electron chi connectivity index (χ3n) is 5.02. The van der Waals surface area contributed by atoms with Gasteiger partial charge in [-0.25, -0.2) is 0 Å². The number of carbonyl (C=O) groups excluding carboxylic acids is 2. The number of ether oxygens (including phenoxy) is 1. The molecule has 1 aliphatic heterocycles. The molecule has 0 saturated carbocycles. The normalized spacial score (nSPS) is 14.6. The summed E-state index contributed by atoms with van der Waals surface area (Å²) in [4.78, 5) is 26.4. The molecule has 0 radical (unpaired) electrons. The number of rotatable bonds is 6. The lowest BCUT2D eigenvalue weighted by molar-refractivity contribution is -0.135. The van der Waals surface area contributed by atoms with Crippen LogP contribution in [0.2, 0.25) is 0 Å². The van der Waals surface area contributed by atoms with Crippen LogP contribution in [0.3, 0.4) is 0 Å². The third-order valence-corrected chi connectivity index (χ3v) is 5.02. The molecular formula is C22H26N2O3. The average molecular weight is 366 g/mol. The Balaban J connectivity index is 1.42. The molecule has 3 rings (SSSR count). The van der Waals surface area contributed by atoms with E-state index in [4.69, 9.17) is 4.74 Å². The Morgan fingerprint density at radius 1 is 1.04 bits per heavy atom. The lowest BCUT2D eigenvalue weighted by Crippen LogP contribution is -2.40. The van der Waals surface area contributed by atoms with Gasteiger partial charge in [0.1, 0.15) is 12.2 Å². The summed E-state index contributed by atoms with van der Waals surface area (Å²) in [6, 6.07) is 17.5. The highest BCUT2D eigenvalue weighted by atomic mass is 16.5. The molecule has 2 aromatic carbocycles. The number of nitrogens with zero attached hydrogens (tertiary/aromatic N) is 1. The van der Waals surface area contributed by atoms with Crippen LogP contribution in [0.4, 0.5) is 5.69 Å². The number of hydrogen-bond acceptors (Lipinski definition) is 3. The quantitative estimate of drug-likeness (QED) is 0.796. The predicted molar refractivity (Wildman–Crippen MR) is 106 cm³/mol.